The number of likely N-dealkylation sites (tertiary alicyclic amines) is 1. The maximum absolute atomic E-state index is 13.0. The van der Waals surface area contributed by atoms with Crippen molar-refractivity contribution in [2.75, 3.05) is 30.5 Å². The fourth-order valence-corrected chi connectivity index (χ4v) is 5.05. The van der Waals surface area contributed by atoms with Crippen molar-refractivity contribution in [2.45, 2.75) is 45.4 Å². The van der Waals surface area contributed by atoms with Gasteiger partial charge in [-0.2, -0.15) is 0 Å². The van der Waals surface area contributed by atoms with E-state index in [0.29, 0.717) is 48.1 Å². The smallest absolute Gasteiger partial charge is 0.255 e. The van der Waals surface area contributed by atoms with Crippen LogP contribution in [-0.4, -0.2) is 42.5 Å². The van der Waals surface area contributed by atoms with E-state index in [4.69, 9.17) is 9.47 Å². The van der Waals surface area contributed by atoms with Crippen LogP contribution in [0.3, 0.4) is 0 Å². The molecule has 0 saturated carbocycles. The Morgan fingerprint density at radius 1 is 0.872 bits per heavy atom. The lowest BCUT2D eigenvalue weighted by atomic mass is 9.89. The van der Waals surface area contributed by atoms with Crippen molar-refractivity contribution in [3.63, 3.8) is 0 Å². The molecule has 0 unspecified atom stereocenters. The largest absolute Gasteiger partial charge is 0.454 e. The minimum atomic E-state index is -0.201. The molecule has 8 heteroatoms. The number of aryl methyl sites for hydroxylation is 1. The quantitative estimate of drug-likeness (QED) is 0.409. The van der Waals surface area contributed by atoms with Gasteiger partial charge in [-0.15, -0.1) is 0 Å². The van der Waals surface area contributed by atoms with E-state index in [9.17, 15) is 14.4 Å². The molecule has 3 amide bonds. The summed E-state index contributed by atoms with van der Waals surface area (Å²) in [6.45, 7) is 5.39. The molecule has 2 heterocycles. The van der Waals surface area contributed by atoms with Crippen molar-refractivity contribution >= 4 is 29.1 Å². The van der Waals surface area contributed by atoms with Crippen LogP contribution >= 0.6 is 0 Å². The Labute approximate surface area is 228 Å². The van der Waals surface area contributed by atoms with E-state index < -0.39 is 0 Å². The number of fused-ring (bicyclic) bond motifs is 1. The molecular formula is C31H33N3O5. The van der Waals surface area contributed by atoms with Crippen molar-refractivity contribution in [1.82, 2.24) is 4.90 Å². The molecule has 0 atom stereocenters. The van der Waals surface area contributed by atoms with E-state index >= 15 is 0 Å². The molecule has 0 aliphatic carbocycles. The summed E-state index contributed by atoms with van der Waals surface area (Å²) in [6, 6.07) is 18.5. The number of amides is 3. The Morgan fingerprint density at radius 3 is 2.31 bits per heavy atom. The highest BCUT2D eigenvalue weighted by molar-refractivity contribution is 6.05. The van der Waals surface area contributed by atoms with Gasteiger partial charge in [0.2, 0.25) is 12.7 Å². The monoisotopic (exact) mass is 527 g/mol. The number of nitrogens with one attached hydrogen (secondary N) is 2. The lowest BCUT2D eigenvalue weighted by molar-refractivity contribution is -0.116. The van der Waals surface area contributed by atoms with Crippen LogP contribution in [0.5, 0.6) is 11.5 Å². The van der Waals surface area contributed by atoms with Gasteiger partial charge < -0.3 is 25.0 Å². The molecule has 1 fully saturated rings. The molecule has 0 bridgehead atoms. The van der Waals surface area contributed by atoms with Crippen LogP contribution in [0.2, 0.25) is 0 Å². The minimum Gasteiger partial charge on any atom is -0.454 e. The number of hydrogen-bond acceptors (Lipinski definition) is 5. The van der Waals surface area contributed by atoms with Gasteiger partial charge in [0.25, 0.3) is 11.8 Å². The average molecular weight is 528 g/mol. The van der Waals surface area contributed by atoms with Crippen LogP contribution in [-0.2, 0) is 4.79 Å². The van der Waals surface area contributed by atoms with Gasteiger partial charge in [0, 0.05) is 42.0 Å². The topological polar surface area (TPSA) is 97.0 Å². The highest BCUT2D eigenvalue weighted by Gasteiger charge is 2.26. The zero-order valence-electron chi connectivity index (χ0n) is 22.3. The van der Waals surface area contributed by atoms with E-state index in [2.05, 4.69) is 10.6 Å². The lowest BCUT2D eigenvalue weighted by Crippen LogP contribution is -2.37. The summed E-state index contributed by atoms with van der Waals surface area (Å²) in [7, 11) is 0. The fraction of sp³-hybridized carbons (Fsp3) is 0.323. The standard InChI is InChI=1S/C31H33N3O5/c1-3-4-29(35)33-26-11-7-23(17-20(26)2)30(36)32-25-9-5-21(6-10-25)22-13-15-34(16-14-22)31(37)24-8-12-27-28(18-24)39-19-38-27/h5-12,17-18,22H,3-4,13-16,19H2,1-2H3,(H,32,36)(H,33,35). The van der Waals surface area contributed by atoms with Gasteiger partial charge in [0.1, 0.15) is 0 Å². The Morgan fingerprint density at radius 2 is 1.59 bits per heavy atom. The molecule has 2 N–H and O–H groups in total. The first-order valence-corrected chi connectivity index (χ1v) is 13.4. The molecule has 0 spiro atoms. The molecule has 3 aromatic carbocycles. The normalized spacial score (nSPS) is 14.7. The van der Waals surface area contributed by atoms with E-state index in [1.165, 1.54) is 5.56 Å². The Bertz CT molecular complexity index is 1380. The van der Waals surface area contributed by atoms with Crippen LogP contribution in [0.15, 0.2) is 60.7 Å². The number of carbonyl (C=O) groups is 3. The minimum absolute atomic E-state index is 0.0106. The number of benzene rings is 3. The number of ether oxygens (including phenoxy) is 2. The molecular weight excluding hydrogens is 494 g/mol. The molecule has 202 valence electrons. The second-order valence-electron chi connectivity index (χ2n) is 10.0. The molecule has 0 radical (unpaired) electrons. The molecule has 2 aliphatic heterocycles. The number of anilines is 2. The zero-order valence-corrected chi connectivity index (χ0v) is 22.3. The Kier molecular flexibility index (Phi) is 7.81. The van der Waals surface area contributed by atoms with E-state index in [1.807, 2.05) is 43.0 Å². The number of nitrogens with zero attached hydrogens (tertiary/aromatic N) is 1. The third-order valence-corrected chi connectivity index (χ3v) is 7.28. The summed E-state index contributed by atoms with van der Waals surface area (Å²) in [5.41, 5.74) is 4.63. The van der Waals surface area contributed by atoms with Crippen LogP contribution < -0.4 is 20.1 Å². The second-order valence-corrected chi connectivity index (χ2v) is 10.0. The zero-order chi connectivity index (χ0) is 27.4. The number of carbonyl (C=O) groups excluding carboxylic acids is 3. The second kappa shape index (κ2) is 11.6. The first-order valence-electron chi connectivity index (χ1n) is 13.4. The van der Waals surface area contributed by atoms with E-state index in [0.717, 1.165) is 36.2 Å². The average Bonchev–Trinajstić information content (AvgIpc) is 3.42. The highest BCUT2D eigenvalue weighted by Crippen LogP contribution is 2.34. The molecule has 39 heavy (non-hydrogen) atoms. The first kappa shape index (κ1) is 26.3. The van der Waals surface area contributed by atoms with Gasteiger partial charge in [-0.25, -0.2) is 0 Å². The number of hydrogen-bond donors (Lipinski definition) is 2. The van der Waals surface area contributed by atoms with E-state index in [1.54, 1.807) is 36.4 Å². The molecule has 0 aromatic heterocycles. The maximum atomic E-state index is 13.0. The lowest BCUT2D eigenvalue weighted by Gasteiger charge is -2.32. The van der Waals surface area contributed by atoms with Crippen molar-refractivity contribution in [1.29, 1.82) is 0 Å². The van der Waals surface area contributed by atoms with Crippen LogP contribution in [0.4, 0.5) is 11.4 Å². The summed E-state index contributed by atoms with van der Waals surface area (Å²) in [5.74, 6) is 1.43. The first-order chi connectivity index (χ1) is 18.9. The molecule has 3 aromatic rings. The van der Waals surface area contributed by atoms with Crippen LogP contribution in [0.25, 0.3) is 0 Å². The number of rotatable bonds is 7. The van der Waals surface area contributed by atoms with Gasteiger partial charge in [0.05, 0.1) is 0 Å². The SMILES string of the molecule is CCCC(=O)Nc1ccc(C(=O)Nc2ccc(C3CCN(C(=O)c4ccc5c(c4)OCO5)CC3)cc2)cc1C. The summed E-state index contributed by atoms with van der Waals surface area (Å²) in [6.07, 6.45) is 3.01. The molecule has 5 rings (SSSR count). The highest BCUT2D eigenvalue weighted by atomic mass is 16.7. The van der Waals surface area contributed by atoms with Crippen LogP contribution in [0.1, 0.15) is 70.4 Å². The van der Waals surface area contributed by atoms with Gasteiger partial charge in [0.15, 0.2) is 11.5 Å². The summed E-state index contributed by atoms with van der Waals surface area (Å²) < 4.78 is 10.7. The fourth-order valence-electron chi connectivity index (χ4n) is 5.05. The molecule has 2 aliphatic rings. The van der Waals surface area contributed by atoms with Gasteiger partial charge in [-0.1, -0.05) is 19.1 Å². The predicted molar refractivity (Wildman–Crippen MR) is 150 cm³/mol. The third-order valence-electron chi connectivity index (χ3n) is 7.28. The maximum Gasteiger partial charge on any atom is 0.255 e. The predicted octanol–water partition coefficient (Wildman–Crippen LogP) is 5.73. The van der Waals surface area contributed by atoms with Crippen molar-refractivity contribution in [2.24, 2.45) is 0 Å². The Balaban J connectivity index is 1.14. The molecule has 8 nitrogen and oxygen atoms in total. The van der Waals surface area contributed by atoms with Gasteiger partial charge in [-0.3, -0.25) is 14.4 Å². The van der Waals surface area contributed by atoms with Gasteiger partial charge in [-0.05, 0) is 91.8 Å². The van der Waals surface area contributed by atoms with Crippen molar-refractivity contribution < 1.29 is 23.9 Å². The van der Waals surface area contributed by atoms with Gasteiger partial charge >= 0.3 is 0 Å². The van der Waals surface area contributed by atoms with Crippen molar-refractivity contribution in [3.05, 3.63) is 82.9 Å². The molecule has 1 saturated heterocycles. The Hall–Kier alpha value is -4.33. The van der Waals surface area contributed by atoms with E-state index in [-0.39, 0.29) is 24.5 Å². The van der Waals surface area contributed by atoms with Crippen LogP contribution in [0, 0.1) is 6.92 Å². The summed E-state index contributed by atoms with van der Waals surface area (Å²) in [5, 5.41) is 5.84. The summed E-state index contributed by atoms with van der Waals surface area (Å²) in [4.78, 5) is 39.6. The third kappa shape index (κ3) is 6.06. The number of piperidine rings is 1. The summed E-state index contributed by atoms with van der Waals surface area (Å²) >= 11 is 0. The van der Waals surface area contributed by atoms with Crippen molar-refractivity contribution in [3.8, 4) is 11.5 Å².